The summed E-state index contributed by atoms with van der Waals surface area (Å²) in [5.41, 5.74) is 0.525. The molecule has 1 aromatic carbocycles. The molecule has 0 N–H and O–H groups in total. The van der Waals surface area contributed by atoms with Crippen LogP contribution in [0.25, 0.3) is 0 Å². The topological polar surface area (TPSA) is 20.3 Å². The lowest BCUT2D eigenvalue weighted by Gasteiger charge is -2.30. The second-order valence-electron chi connectivity index (χ2n) is 5.00. The standard InChI is InChI=1S/C15H19F2NO/c16-13-8-6-12(7-9-13)14(19)4-3-11-18-10-2-1-5-15(18)17/h6-9,15H,1-5,10-11H2. The number of likely N-dealkylation sites (tertiary alicyclic amines) is 1. The Morgan fingerprint density at radius 2 is 2.00 bits per heavy atom. The minimum atomic E-state index is -0.852. The van der Waals surface area contributed by atoms with E-state index in [9.17, 15) is 13.6 Å². The van der Waals surface area contributed by atoms with Crippen LogP contribution >= 0.6 is 0 Å². The number of piperidine rings is 1. The molecule has 0 spiro atoms. The van der Waals surface area contributed by atoms with Gasteiger partial charge in [-0.25, -0.2) is 8.78 Å². The number of carbonyl (C=O) groups is 1. The van der Waals surface area contributed by atoms with Crippen molar-refractivity contribution in [2.75, 3.05) is 13.1 Å². The molecule has 1 fully saturated rings. The number of halogens is 2. The first-order valence-corrected chi connectivity index (χ1v) is 6.84. The lowest BCUT2D eigenvalue weighted by atomic mass is 10.1. The van der Waals surface area contributed by atoms with Gasteiger partial charge in [-0.05, 0) is 49.9 Å². The zero-order valence-corrected chi connectivity index (χ0v) is 10.9. The Morgan fingerprint density at radius 1 is 1.26 bits per heavy atom. The first-order valence-electron chi connectivity index (χ1n) is 6.84. The highest BCUT2D eigenvalue weighted by molar-refractivity contribution is 5.95. The van der Waals surface area contributed by atoms with Crippen molar-refractivity contribution in [3.05, 3.63) is 35.6 Å². The first kappa shape index (κ1) is 14.1. The number of Topliss-reactive ketones (excluding diaryl/α,β-unsaturated/α-hetero) is 1. The summed E-state index contributed by atoms with van der Waals surface area (Å²) in [5.74, 6) is -0.349. The van der Waals surface area contributed by atoms with Crippen LogP contribution < -0.4 is 0 Å². The SMILES string of the molecule is O=C(CCCN1CCCCC1F)c1ccc(F)cc1. The van der Waals surface area contributed by atoms with E-state index in [0.29, 0.717) is 31.4 Å². The van der Waals surface area contributed by atoms with Crippen LogP contribution in [0.1, 0.15) is 42.5 Å². The zero-order valence-electron chi connectivity index (χ0n) is 10.9. The fourth-order valence-electron chi connectivity index (χ4n) is 2.43. The Bertz CT molecular complexity index is 419. The van der Waals surface area contributed by atoms with Crippen LogP contribution in [0.3, 0.4) is 0 Å². The maximum Gasteiger partial charge on any atom is 0.162 e. The van der Waals surface area contributed by atoms with Gasteiger partial charge in [0.25, 0.3) is 0 Å². The predicted molar refractivity (Wildman–Crippen MR) is 70.3 cm³/mol. The Balaban J connectivity index is 1.76. The van der Waals surface area contributed by atoms with E-state index in [1.807, 2.05) is 0 Å². The highest BCUT2D eigenvalue weighted by atomic mass is 19.1. The fraction of sp³-hybridized carbons (Fsp3) is 0.533. The van der Waals surface area contributed by atoms with Crippen molar-refractivity contribution in [1.82, 2.24) is 4.90 Å². The van der Waals surface area contributed by atoms with Crippen LogP contribution in [-0.2, 0) is 0 Å². The van der Waals surface area contributed by atoms with Gasteiger partial charge in [0, 0.05) is 25.1 Å². The molecule has 19 heavy (non-hydrogen) atoms. The molecule has 1 atom stereocenters. The first-order chi connectivity index (χ1) is 9.16. The van der Waals surface area contributed by atoms with Gasteiger partial charge in [0.2, 0.25) is 0 Å². The van der Waals surface area contributed by atoms with Gasteiger partial charge in [-0.15, -0.1) is 0 Å². The van der Waals surface area contributed by atoms with Crippen LogP contribution in [0.5, 0.6) is 0 Å². The smallest absolute Gasteiger partial charge is 0.162 e. The minimum absolute atomic E-state index is 0.00702. The van der Waals surface area contributed by atoms with Crippen molar-refractivity contribution in [2.45, 2.75) is 38.4 Å². The molecule has 0 bridgehead atoms. The molecule has 0 aliphatic carbocycles. The van der Waals surface area contributed by atoms with Crippen LogP contribution in [0, 0.1) is 5.82 Å². The lowest BCUT2D eigenvalue weighted by molar-refractivity contribution is 0.0450. The molecule has 4 heteroatoms. The van der Waals surface area contributed by atoms with Gasteiger partial charge in [-0.2, -0.15) is 0 Å². The van der Waals surface area contributed by atoms with Crippen molar-refractivity contribution in [2.24, 2.45) is 0 Å². The molecule has 1 unspecified atom stereocenters. The van der Waals surface area contributed by atoms with E-state index in [1.54, 1.807) is 4.90 Å². The maximum absolute atomic E-state index is 13.5. The Labute approximate surface area is 112 Å². The molecule has 1 aromatic rings. The molecule has 0 radical (unpaired) electrons. The van der Waals surface area contributed by atoms with E-state index in [4.69, 9.17) is 0 Å². The minimum Gasteiger partial charge on any atom is -0.294 e. The summed E-state index contributed by atoms with van der Waals surface area (Å²) in [6.07, 6.45) is 2.77. The summed E-state index contributed by atoms with van der Waals surface area (Å²) >= 11 is 0. The highest BCUT2D eigenvalue weighted by Gasteiger charge is 2.21. The summed E-state index contributed by atoms with van der Waals surface area (Å²) in [4.78, 5) is 13.7. The second-order valence-corrected chi connectivity index (χ2v) is 5.00. The Hall–Kier alpha value is -1.29. The largest absolute Gasteiger partial charge is 0.294 e. The van der Waals surface area contributed by atoms with E-state index in [0.717, 1.165) is 19.4 Å². The molecule has 1 saturated heterocycles. The molecule has 0 saturated carbocycles. The van der Waals surface area contributed by atoms with E-state index in [2.05, 4.69) is 0 Å². The summed E-state index contributed by atoms with van der Waals surface area (Å²) in [6.45, 7) is 1.40. The van der Waals surface area contributed by atoms with Gasteiger partial charge in [-0.3, -0.25) is 9.69 Å². The number of ketones is 1. The number of hydrogen-bond donors (Lipinski definition) is 0. The average molecular weight is 267 g/mol. The Kier molecular flexibility index (Phi) is 5.02. The van der Waals surface area contributed by atoms with Crippen LogP contribution in [0.15, 0.2) is 24.3 Å². The Morgan fingerprint density at radius 3 is 2.68 bits per heavy atom. The number of benzene rings is 1. The molecular formula is C15H19F2NO. The molecule has 2 rings (SSSR count). The predicted octanol–water partition coefficient (Wildman–Crippen LogP) is 3.57. The van der Waals surface area contributed by atoms with Crippen LogP contribution in [0.4, 0.5) is 8.78 Å². The number of alkyl halides is 1. The van der Waals surface area contributed by atoms with E-state index < -0.39 is 6.30 Å². The van der Waals surface area contributed by atoms with Gasteiger partial charge in [0.15, 0.2) is 12.1 Å². The molecule has 104 valence electrons. The third-order valence-corrected chi connectivity index (χ3v) is 3.55. The molecule has 0 amide bonds. The van der Waals surface area contributed by atoms with Crippen LogP contribution in [-0.4, -0.2) is 30.1 Å². The molecule has 1 heterocycles. The van der Waals surface area contributed by atoms with E-state index in [1.165, 1.54) is 24.3 Å². The molecule has 1 aliphatic rings. The van der Waals surface area contributed by atoms with Gasteiger partial charge in [0.05, 0.1) is 0 Å². The monoisotopic (exact) mass is 267 g/mol. The number of carbonyl (C=O) groups excluding carboxylic acids is 1. The maximum atomic E-state index is 13.5. The zero-order chi connectivity index (χ0) is 13.7. The molecule has 0 aromatic heterocycles. The van der Waals surface area contributed by atoms with Gasteiger partial charge < -0.3 is 0 Å². The molecule has 2 nitrogen and oxygen atoms in total. The van der Waals surface area contributed by atoms with Crippen molar-refractivity contribution in [3.8, 4) is 0 Å². The highest BCUT2D eigenvalue weighted by Crippen LogP contribution is 2.18. The van der Waals surface area contributed by atoms with Gasteiger partial charge in [-0.1, -0.05) is 0 Å². The van der Waals surface area contributed by atoms with Crippen molar-refractivity contribution < 1.29 is 13.6 Å². The van der Waals surface area contributed by atoms with Crippen LogP contribution in [0.2, 0.25) is 0 Å². The van der Waals surface area contributed by atoms with Gasteiger partial charge >= 0.3 is 0 Å². The van der Waals surface area contributed by atoms with E-state index >= 15 is 0 Å². The number of rotatable bonds is 5. The summed E-state index contributed by atoms with van der Waals surface area (Å²) in [7, 11) is 0. The summed E-state index contributed by atoms with van der Waals surface area (Å²) < 4.78 is 26.3. The summed E-state index contributed by atoms with van der Waals surface area (Å²) in [6, 6.07) is 5.57. The lowest BCUT2D eigenvalue weighted by Crippen LogP contribution is -2.37. The van der Waals surface area contributed by atoms with Crippen molar-refractivity contribution in [3.63, 3.8) is 0 Å². The third kappa shape index (κ3) is 4.10. The van der Waals surface area contributed by atoms with Gasteiger partial charge in [0.1, 0.15) is 5.82 Å². The van der Waals surface area contributed by atoms with E-state index in [-0.39, 0.29) is 11.6 Å². The molecule has 1 aliphatic heterocycles. The average Bonchev–Trinajstić information content (AvgIpc) is 2.41. The molecular weight excluding hydrogens is 248 g/mol. The summed E-state index contributed by atoms with van der Waals surface area (Å²) in [5, 5.41) is 0. The van der Waals surface area contributed by atoms with Crippen molar-refractivity contribution in [1.29, 1.82) is 0 Å². The number of hydrogen-bond acceptors (Lipinski definition) is 2. The fourth-order valence-corrected chi connectivity index (χ4v) is 2.43. The van der Waals surface area contributed by atoms with Crippen molar-refractivity contribution >= 4 is 5.78 Å². The second kappa shape index (κ2) is 6.75. The quantitative estimate of drug-likeness (QED) is 0.600. The normalized spacial score (nSPS) is 20.4. The number of nitrogens with zero attached hydrogens (tertiary/aromatic N) is 1. The third-order valence-electron chi connectivity index (χ3n) is 3.55.